The molecule has 5 heteroatoms. The molecule has 1 aromatic heterocycles. The van der Waals surface area contributed by atoms with E-state index in [1.807, 2.05) is 6.07 Å². The number of aromatic nitrogens is 2. The van der Waals surface area contributed by atoms with Crippen molar-refractivity contribution in [2.24, 2.45) is 7.05 Å². The van der Waals surface area contributed by atoms with Crippen molar-refractivity contribution < 1.29 is 4.79 Å². The van der Waals surface area contributed by atoms with Crippen LogP contribution in [0.25, 0.3) is 0 Å². The summed E-state index contributed by atoms with van der Waals surface area (Å²) in [7, 11) is 1.55. The second kappa shape index (κ2) is 6.77. The summed E-state index contributed by atoms with van der Waals surface area (Å²) in [5, 5.41) is 7.03. The minimum Gasteiger partial charge on any atom is -0.348 e. The zero-order chi connectivity index (χ0) is 16.2. The third-order valence-corrected chi connectivity index (χ3v) is 4.53. The van der Waals surface area contributed by atoms with Gasteiger partial charge in [0.1, 0.15) is 5.69 Å². The van der Waals surface area contributed by atoms with Crippen molar-refractivity contribution in [3.8, 4) is 0 Å². The van der Waals surface area contributed by atoms with Crippen LogP contribution in [0.2, 0.25) is 0 Å². The smallest absolute Gasteiger partial charge is 0.271 e. The van der Waals surface area contributed by atoms with Gasteiger partial charge in [-0.3, -0.25) is 9.59 Å². The predicted octanol–water partition coefficient (Wildman–Crippen LogP) is 2.24. The first-order valence-corrected chi connectivity index (χ1v) is 8.03. The molecule has 0 unspecified atom stereocenters. The third-order valence-electron chi connectivity index (χ3n) is 4.53. The Morgan fingerprint density at radius 3 is 2.43 bits per heavy atom. The zero-order valence-electron chi connectivity index (χ0n) is 13.2. The number of nitrogens with zero attached hydrogens (tertiary/aromatic N) is 2. The average Bonchev–Trinajstić information content (AvgIpc) is 2.59. The normalized spacial score (nSPS) is 20.9. The fourth-order valence-electron chi connectivity index (χ4n) is 3.18. The van der Waals surface area contributed by atoms with Crippen LogP contribution < -0.4 is 10.9 Å². The number of hydrogen-bond acceptors (Lipinski definition) is 3. The lowest BCUT2D eigenvalue weighted by molar-refractivity contribution is 0.0918. The highest BCUT2D eigenvalue weighted by molar-refractivity contribution is 5.92. The number of nitrogens with one attached hydrogen (secondary N) is 1. The monoisotopic (exact) mass is 311 g/mol. The van der Waals surface area contributed by atoms with E-state index in [0.717, 1.165) is 25.7 Å². The number of benzene rings is 1. The third kappa shape index (κ3) is 3.67. The Balaban J connectivity index is 1.57. The highest BCUT2D eigenvalue weighted by Gasteiger charge is 2.24. The first-order valence-electron chi connectivity index (χ1n) is 8.03. The van der Waals surface area contributed by atoms with E-state index in [1.165, 1.54) is 22.4 Å². The number of aryl methyl sites for hydroxylation is 1. The largest absolute Gasteiger partial charge is 0.348 e. The standard InChI is InChI=1S/C18H21N3O2/c1-21-17(22)12-11-16(20-21)18(23)19-15-9-7-14(8-10-15)13-5-3-2-4-6-13/h2-6,11-12,14-15H,7-10H2,1H3,(H,19,23). The number of carbonyl (C=O) groups excluding carboxylic acids is 1. The molecule has 1 fully saturated rings. The van der Waals surface area contributed by atoms with Crippen LogP contribution in [0.15, 0.2) is 47.3 Å². The molecule has 1 amide bonds. The van der Waals surface area contributed by atoms with Crippen LogP contribution in [0, 0.1) is 0 Å². The SMILES string of the molecule is Cn1nc(C(=O)NC2CCC(c3ccccc3)CC2)ccc1=O. The van der Waals surface area contributed by atoms with E-state index in [0.29, 0.717) is 5.92 Å². The molecule has 1 aromatic carbocycles. The summed E-state index contributed by atoms with van der Waals surface area (Å²) in [6.45, 7) is 0. The Morgan fingerprint density at radius 1 is 1.09 bits per heavy atom. The van der Waals surface area contributed by atoms with Gasteiger partial charge < -0.3 is 5.32 Å². The fourth-order valence-corrected chi connectivity index (χ4v) is 3.18. The van der Waals surface area contributed by atoms with Crippen LogP contribution in [0.5, 0.6) is 0 Å². The van der Waals surface area contributed by atoms with Crippen molar-refractivity contribution in [3.63, 3.8) is 0 Å². The summed E-state index contributed by atoms with van der Waals surface area (Å²) in [6, 6.07) is 13.6. The van der Waals surface area contributed by atoms with Gasteiger partial charge in [0, 0.05) is 19.2 Å². The fraction of sp³-hybridized carbons (Fsp3) is 0.389. The molecule has 1 aliphatic rings. The molecular weight excluding hydrogens is 290 g/mol. The van der Waals surface area contributed by atoms with Crippen molar-refractivity contribution >= 4 is 5.91 Å². The minimum absolute atomic E-state index is 0.182. The Bertz CT molecular complexity index is 731. The molecule has 0 spiro atoms. The van der Waals surface area contributed by atoms with E-state index in [2.05, 4.69) is 34.7 Å². The van der Waals surface area contributed by atoms with Gasteiger partial charge in [0.25, 0.3) is 11.5 Å². The lowest BCUT2D eigenvalue weighted by atomic mass is 9.82. The topological polar surface area (TPSA) is 64.0 Å². The van der Waals surface area contributed by atoms with Gasteiger partial charge in [-0.1, -0.05) is 30.3 Å². The quantitative estimate of drug-likeness (QED) is 0.945. The summed E-state index contributed by atoms with van der Waals surface area (Å²) < 4.78 is 1.18. The van der Waals surface area contributed by atoms with E-state index < -0.39 is 0 Å². The molecule has 5 nitrogen and oxygen atoms in total. The van der Waals surface area contributed by atoms with E-state index in [-0.39, 0.29) is 23.2 Å². The maximum atomic E-state index is 12.2. The van der Waals surface area contributed by atoms with Gasteiger partial charge in [0.05, 0.1) is 0 Å². The molecule has 120 valence electrons. The molecule has 3 rings (SSSR count). The van der Waals surface area contributed by atoms with Crippen molar-refractivity contribution in [3.05, 3.63) is 64.1 Å². The van der Waals surface area contributed by atoms with Gasteiger partial charge in [0.2, 0.25) is 0 Å². The molecule has 0 bridgehead atoms. The molecule has 1 heterocycles. The highest BCUT2D eigenvalue weighted by atomic mass is 16.2. The van der Waals surface area contributed by atoms with Crippen molar-refractivity contribution in [1.29, 1.82) is 0 Å². The van der Waals surface area contributed by atoms with Crippen LogP contribution in [-0.4, -0.2) is 21.7 Å². The van der Waals surface area contributed by atoms with Gasteiger partial charge in [-0.25, -0.2) is 4.68 Å². The molecule has 1 saturated carbocycles. The van der Waals surface area contributed by atoms with Gasteiger partial charge in [-0.05, 0) is 43.2 Å². The molecular formula is C18H21N3O2. The molecule has 1 N–H and O–H groups in total. The minimum atomic E-state index is -0.218. The highest BCUT2D eigenvalue weighted by Crippen LogP contribution is 2.32. The van der Waals surface area contributed by atoms with Crippen LogP contribution in [0.4, 0.5) is 0 Å². The molecule has 23 heavy (non-hydrogen) atoms. The molecule has 2 aromatic rings. The molecule has 0 saturated heterocycles. The first kappa shape index (κ1) is 15.5. The summed E-state index contributed by atoms with van der Waals surface area (Å²) in [4.78, 5) is 23.6. The second-order valence-electron chi connectivity index (χ2n) is 6.11. The second-order valence-corrected chi connectivity index (χ2v) is 6.11. The van der Waals surface area contributed by atoms with E-state index in [9.17, 15) is 9.59 Å². The number of carbonyl (C=O) groups is 1. The van der Waals surface area contributed by atoms with Gasteiger partial charge >= 0.3 is 0 Å². The maximum absolute atomic E-state index is 12.2. The summed E-state index contributed by atoms with van der Waals surface area (Å²) in [6.07, 6.45) is 4.10. The zero-order valence-corrected chi connectivity index (χ0v) is 13.2. The summed E-state index contributed by atoms with van der Waals surface area (Å²) in [5.74, 6) is 0.379. The van der Waals surface area contributed by atoms with Gasteiger partial charge in [-0.15, -0.1) is 0 Å². The van der Waals surface area contributed by atoms with Crippen molar-refractivity contribution in [2.75, 3.05) is 0 Å². The van der Waals surface area contributed by atoms with Crippen LogP contribution in [0.1, 0.15) is 47.7 Å². The number of amides is 1. The number of hydrogen-bond donors (Lipinski definition) is 1. The predicted molar refractivity (Wildman–Crippen MR) is 88.4 cm³/mol. The van der Waals surface area contributed by atoms with Crippen LogP contribution >= 0.6 is 0 Å². The molecule has 1 aliphatic carbocycles. The molecule has 0 atom stereocenters. The maximum Gasteiger partial charge on any atom is 0.271 e. The Kier molecular flexibility index (Phi) is 4.55. The molecule has 0 aliphatic heterocycles. The Morgan fingerprint density at radius 2 is 1.78 bits per heavy atom. The van der Waals surface area contributed by atoms with Crippen molar-refractivity contribution in [2.45, 2.75) is 37.6 Å². The van der Waals surface area contributed by atoms with Gasteiger partial charge in [0.15, 0.2) is 0 Å². The van der Waals surface area contributed by atoms with Crippen molar-refractivity contribution in [1.82, 2.24) is 15.1 Å². The van der Waals surface area contributed by atoms with E-state index in [1.54, 1.807) is 7.05 Å². The molecule has 0 radical (unpaired) electrons. The van der Waals surface area contributed by atoms with E-state index >= 15 is 0 Å². The van der Waals surface area contributed by atoms with Crippen LogP contribution in [-0.2, 0) is 7.05 Å². The lowest BCUT2D eigenvalue weighted by Crippen LogP contribution is -2.38. The van der Waals surface area contributed by atoms with Crippen LogP contribution in [0.3, 0.4) is 0 Å². The Labute approximate surface area is 135 Å². The Hall–Kier alpha value is -2.43. The summed E-state index contributed by atoms with van der Waals surface area (Å²) >= 11 is 0. The van der Waals surface area contributed by atoms with Gasteiger partial charge in [-0.2, -0.15) is 5.10 Å². The average molecular weight is 311 g/mol. The van der Waals surface area contributed by atoms with E-state index in [4.69, 9.17) is 0 Å². The first-order chi connectivity index (χ1) is 11.1. The summed E-state index contributed by atoms with van der Waals surface area (Å²) in [5.41, 5.74) is 1.46. The number of rotatable bonds is 3. The lowest BCUT2D eigenvalue weighted by Gasteiger charge is -2.29.